The Morgan fingerprint density at radius 1 is 1.14 bits per heavy atom. The zero-order valence-electron chi connectivity index (χ0n) is 12.4. The zero-order valence-corrected chi connectivity index (χ0v) is 12.4. The van der Waals surface area contributed by atoms with Crippen LogP contribution in [0.1, 0.15) is 24.8 Å². The molecular formula is C18H20N2O. The summed E-state index contributed by atoms with van der Waals surface area (Å²) in [5, 5.41) is 12.6. The molecule has 2 aromatic carbocycles. The fraction of sp³-hybridized carbons (Fsp3) is 0.278. The molecule has 0 aliphatic rings. The first kappa shape index (κ1) is 14.9. The van der Waals surface area contributed by atoms with Crippen LogP contribution in [0.3, 0.4) is 0 Å². The first-order valence-electron chi connectivity index (χ1n) is 7.08. The van der Waals surface area contributed by atoms with Gasteiger partial charge in [-0.25, -0.2) is 0 Å². The largest absolute Gasteiger partial charge is 0.497 e. The number of methoxy groups -OCH3 is 1. The Bertz CT molecular complexity index is 604. The molecule has 0 aliphatic heterocycles. The molecule has 0 aliphatic carbocycles. The molecule has 0 radical (unpaired) electrons. The molecule has 0 saturated heterocycles. The van der Waals surface area contributed by atoms with E-state index in [-0.39, 0.29) is 6.04 Å². The van der Waals surface area contributed by atoms with Crippen molar-refractivity contribution in [1.29, 1.82) is 5.26 Å². The molecule has 0 amide bonds. The molecule has 2 rings (SSSR count). The van der Waals surface area contributed by atoms with Crippen LogP contribution in [0, 0.1) is 11.3 Å². The van der Waals surface area contributed by atoms with E-state index in [9.17, 15) is 5.26 Å². The van der Waals surface area contributed by atoms with Crippen LogP contribution in [-0.4, -0.2) is 13.2 Å². The van der Waals surface area contributed by atoms with E-state index >= 15 is 0 Å². The number of rotatable bonds is 6. The molecule has 3 nitrogen and oxygen atoms in total. The van der Waals surface area contributed by atoms with Gasteiger partial charge in [-0.15, -0.1) is 0 Å². The number of nitrogens with zero attached hydrogens (tertiary/aromatic N) is 1. The third kappa shape index (κ3) is 4.25. The van der Waals surface area contributed by atoms with Gasteiger partial charge in [0, 0.05) is 11.8 Å². The van der Waals surface area contributed by atoms with Crippen molar-refractivity contribution in [2.75, 3.05) is 12.4 Å². The van der Waals surface area contributed by atoms with E-state index < -0.39 is 0 Å². The lowest BCUT2D eigenvalue weighted by atomic mass is 9.94. The monoisotopic (exact) mass is 280 g/mol. The Morgan fingerprint density at radius 3 is 2.57 bits per heavy atom. The van der Waals surface area contributed by atoms with E-state index in [2.05, 4.69) is 30.4 Å². The third-order valence-corrected chi connectivity index (χ3v) is 3.52. The van der Waals surface area contributed by atoms with Crippen LogP contribution in [-0.2, 0) is 0 Å². The van der Waals surface area contributed by atoms with Crippen LogP contribution in [0.25, 0.3) is 0 Å². The maximum Gasteiger partial charge on any atom is 0.120 e. The van der Waals surface area contributed by atoms with Crippen LogP contribution in [0.5, 0.6) is 5.75 Å². The van der Waals surface area contributed by atoms with Gasteiger partial charge in [-0.2, -0.15) is 5.26 Å². The Kier molecular flexibility index (Phi) is 5.22. The van der Waals surface area contributed by atoms with Crippen molar-refractivity contribution in [3.8, 4) is 11.8 Å². The maximum atomic E-state index is 9.37. The third-order valence-electron chi connectivity index (χ3n) is 3.52. The summed E-state index contributed by atoms with van der Waals surface area (Å²) in [6.07, 6.45) is 0.762. The second-order valence-corrected chi connectivity index (χ2v) is 5.11. The lowest BCUT2D eigenvalue weighted by Crippen LogP contribution is -2.19. The summed E-state index contributed by atoms with van der Waals surface area (Å²) in [5.74, 6) is 1.11. The van der Waals surface area contributed by atoms with Crippen molar-refractivity contribution in [3.63, 3.8) is 0 Å². The average molecular weight is 280 g/mol. The number of nitriles is 1. The Balaban J connectivity index is 2.02. The fourth-order valence-corrected chi connectivity index (χ4v) is 2.33. The van der Waals surface area contributed by atoms with Crippen molar-refractivity contribution < 1.29 is 4.74 Å². The molecule has 0 spiro atoms. The highest BCUT2D eigenvalue weighted by molar-refractivity contribution is 5.49. The number of benzene rings is 2. The van der Waals surface area contributed by atoms with Gasteiger partial charge in [0.05, 0.1) is 13.2 Å². The van der Waals surface area contributed by atoms with E-state index in [1.807, 2.05) is 42.5 Å². The summed E-state index contributed by atoms with van der Waals surface area (Å²) >= 11 is 0. The minimum atomic E-state index is -0.229. The lowest BCUT2D eigenvalue weighted by molar-refractivity contribution is 0.415. The molecule has 0 heterocycles. The first-order chi connectivity index (χ1) is 10.2. The summed E-state index contributed by atoms with van der Waals surface area (Å²) < 4.78 is 5.20. The van der Waals surface area contributed by atoms with Gasteiger partial charge >= 0.3 is 0 Å². The minimum Gasteiger partial charge on any atom is -0.497 e. The van der Waals surface area contributed by atoms with E-state index in [1.165, 1.54) is 5.56 Å². The summed E-state index contributed by atoms with van der Waals surface area (Å²) in [5.41, 5.74) is 2.16. The van der Waals surface area contributed by atoms with Crippen LogP contribution >= 0.6 is 0 Å². The summed E-state index contributed by atoms with van der Waals surface area (Å²) in [7, 11) is 1.64. The van der Waals surface area contributed by atoms with Crippen molar-refractivity contribution >= 4 is 5.69 Å². The molecule has 1 N–H and O–H groups in total. The van der Waals surface area contributed by atoms with E-state index in [1.54, 1.807) is 7.11 Å². The van der Waals surface area contributed by atoms with Crippen molar-refractivity contribution in [1.82, 2.24) is 0 Å². The number of anilines is 1. The Hall–Kier alpha value is -2.47. The summed E-state index contributed by atoms with van der Waals surface area (Å²) in [6.45, 7) is 2.15. The highest BCUT2D eigenvalue weighted by Gasteiger charge is 2.14. The maximum absolute atomic E-state index is 9.37. The molecule has 2 atom stereocenters. The molecule has 108 valence electrons. The Labute approximate surface area is 126 Å². The van der Waals surface area contributed by atoms with Crippen LogP contribution < -0.4 is 10.1 Å². The topological polar surface area (TPSA) is 45.0 Å². The van der Waals surface area contributed by atoms with Crippen LogP contribution in [0.2, 0.25) is 0 Å². The quantitative estimate of drug-likeness (QED) is 0.862. The second kappa shape index (κ2) is 7.35. The first-order valence-corrected chi connectivity index (χ1v) is 7.08. The predicted octanol–water partition coefficient (Wildman–Crippen LogP) is 4.19. The van der Waals surface area contributed by atoms with Gasteiger partial charge in [0.25, 0.3) is 0 Å². The molecule has 2 unspecified atom stereocenters. The molecule has 0 saturated carbocycles. The SMILES string of the molecule is COc1cccc(NC(C#N)CC(C)c2ccccc2)c1. The second-order valence-electron chi connectivity index (χ2n) is 5.11. The average Bonchev–Trinajstić information content (AvgIpc) is 2.55. The minimum absolute atomic E-state index is 0.229. The van der Waals surface area contributed by atoms with E-state index in [0.717, 1.165) is 17.9 Å². The fourth-order valence-electron chi connectivity index (χ4n) is 2.33. The molecule has 0 bridgehead atoms. The highest BCUT2D eigenvalue weighted by Crippen LogP contribution is 2.23. The van der Waals surface area contributed by atoms with E-state index in [4.69, 9.17) is 4.74 Å². The van der Waals surface area contributed by atoms with Gasteiger partial charge in [0.1, 0.15) is 11.8 Å². The normalized spacial score (nSPS) is 13.0. The molecular weight excluding hydrogens is 260 g/mol. The van der Waals surface area contributed by atoms with Gasteiger partial charge in [-0.3, -0.25) is 0 Å². The van der Waals surface area contributed by atoms with Crippen LogP contribution in [0.4, 0.5) is 5.69 Å². The molecule has 0 aromatic heterocycles. The number of nitrogens with one attached hydrogen (secondary N) is 1. The smallest absolute Gasteiger partial charge is 0.120 e. The number of hydrogen-bond donors (Lipinski definition) is 1. The molecule has 2 aromatic rings. The molecule has 0 fully saturated rings. The summed E-state index contributed by atoms with van der Waals surface area (Å²) in [4.78, 5) is 0. The van der Waals surface area contributed by atoms with Gasteiger partial charge < -0.3 is 10.1 Å². The lowest BCUT2D eigenvalue weighted by Gasteiger charge is -2.18. The van der Waals surface area contributed by atoms with Gasteiger partial charge in [-0.1, -0.05) is 43.3 Å². The van der Waals surface area contributed by atoms with Gasteiger partial charge in [0.2, 0.25) is 0 Å². The van der Waals surface area contributed by atoms with Crippen LogP contribution in [0.15, 0.2) is 54.6 Å². The van der Waals surface area contributed by atoms with E-state index in [0.29, 0.717) is 5.92 Å². The van der Waals surface area contributed by atoms with Crippen molar-refractivity contribution in [3.05, 3.63) is 60.2 Å². The predicted molar refractivity (Wildman–Crippen MR) is 85.5 cm³/mol. The van der Waals surface area contributed by atoms with Gasteiger partial charge in [-0.05, 0) is 30.0 Å². The Morgan fingerprint density at radius 2 is 1.90 bits per heavy atom. The zero-order chi connectivity index (χ0) is 15.1. The summed E-state index contributed by atoms with van der Waals surface area (Å²) in [6, 6.07) is 20.0. The van der Waals surface area contributed by atoms with Crippen molar-refractivity contribution in [2.24, 2.45) is 0 Å². The number of ether oxygens (including phenoxy) is 1. The molecule has 21 heavy (non-hydrogen) atoms. The van der Waals surface area contributed by atoms with Gasteiger partial charge in [0.15, 0.2) is 0 Å². The molecule has 3 heteroatoms. The number of hydrogen-bond acceptors (Lipinski definition) is 3. The standard InChI is InChI=1S/C18H20N2O/c1-14(15-7-4-3-5-8-15)11-17(13-19)20-16-9-6-10-18(12-16)21-2/h3-10,12,14,17,20H,11H2,1-2H3. The highest BCUT2D eigenvalue weighted by atomic mass is 16.5. The van der Waals surface area contributed by atoms with Crippen molar-refractivity contribution in [2.45, 2.75) is 25.3 Å².